The van der Waals surface area contributed by atoms with Crippen LogP contribution in [0.5, 0.6) is 0 Å². The standard InChI is InChI=1S/C20H31N/c1-3-7-15-10-11-17(14-21-2)18(12-15)20-13-19(20)16-8-5-4-6-9-16/h4-6,8-9,15,17-21H,3,7,10-14H2,1-2H3. The van der Waals surface area contributed by atoms with Crippen LogP contribution in [0.3, 0.4) is 0 Å². The third-order valence-corrected chi connectivity index (χ3v) is 5.94. The Morgan fingerprint density at radius 3 is 2.57 bits per heavy atom. The molecule has 3 rings (SSSR count). The van der Waals surface area contributed by atoms with E-state index in [0.717, 1.165) is 29.6 Å². The molecule has 0 radical (unpaired) electrons. The molecule has 0 aliphatic heterocycles. The molecule has 2 saturated carbocycles. The molecular formula is C20H31N. The lowest BCUT2D eigenvalue weighted by molar-refractivity contribution is 0.149. The van der Waals surface area contributed by atoms with Crippen LogP contribution in [0.25, 0.3) is 0 Å². The predicted molar refractivity (Wildman–Crippen MR) is 90.4 cm³/mol. The second-order valence-electron chi connectivity index (χ2n) is 7.37. The van der Waals surface area contributed by atoms with Crippen LogP contribution in [-0.2, 0) is 0 Å². The molecule has 1 nitrogen and oxygen atoms in total. The zero-order chi connectivity index (χ0) is 14.7. The first kappa shape index (κ1) is 15.1. The van der Waals surface area contributed by atoms with Crippen LogP contribution in [0.1, 0.15) is 56.9 Å². The van der Waals surface area contributed by atoms with Gasteiger partial charge in [0, 0.05) is 0 Å². The number of rotatable bonds is 6. The Hall–Kier alpha value is -0.820. The van der Waals surface area contributed by atoms with E-state index in [1.54, 1.807) is 5.56 Å². The van der Waals surface area contributed by atoms with Gasteiger partial charge in [-0.2, -0.15) is 0 Å². The number of nitrogens with one attached hydrogen (secondary N) is 1. The Kier molecular flexibility index (Phi) is 5.00. The van der Waals surface area contributed by atoms with Crippen LogP contribution in [-0.4, -0.2) is 13.6 Å². The summed E-state index contributed by atoms with van der Waals surface area (Å²) in [5.41, 5.74) is 1.59. The van der Waals surface area contributed by atoms with Crippen molar-refractivity contribution in [2.45, 2.75) is 51.4 Å². The smallest absolute Gasteiger partial charge is 0.00208 e. The minimum atomic E-state index is 0.857. The van der Waals surface area contributed by atoms with Gasteiger partial charge in [-0.1, -0.05) is 56.5 Å². The van der Waals surface area contributed by atoms with Crippen molar-refractivity contribution in [1.29, 1.82) is 0 Å². The van der Waals surface area contributed by atoms with Gasteiger partial charge >= 0.3 is 0 Å². The molecule has 5 atom stereocenters. The van der Waals surface area contributed by atoms with E-state index < -0.39 is 0 Å². The Balaban J connectivity index is 1.66. The van der Waals surface area contributed by atoms with E-state index in [9.17, 15) is 0 Å². The van der Waals surface area contributed by atoms with Crippen molar-refractivity contribution < 1.29 is 0 Å². The topological polar surface area (TPSA) is 12.0 Å². The average Bonchev–Trinajstić information content (AvgIpc) is 3.31. The highest BCUT2D eigenvalue weighted by Gasteiger charge is 2.47. The molecule has 0 aromatic heterocycles. The summed E-state index contributed by atoms with van der Waals surface area (Å²) < 4.78 is 0. The van der Waals surface area contributed by atoms with E-state index in [2.05, 4.69) is 49.6 Å². The minimum Gasteiger partial charge on any atom is -0.319 e. The molecular weight excluding hydrogens is 254 g/mol. The maximum Gasteiger partial charge on any atom is -0.00208 e. The van der Waals surface area contributed by atoms with Crippen LogP contribution in [0.15, 0.2) is 30.3 Å². The first-order chi connectivity index (χ1) is 10.3. The molecule has 5 unspecified atom stereocenters. The third-order valence-electron chi connectivity index (χ3n) is 5.94. The maximum absolute atomic E-state index is 3.45. The molecule has 2 aliphatic carbocycles. The van der Waals surface area contributed by atoms with Gasteiger partial charge in [0.15, 0.2) is 0 Å². The molecule has 1 aromatic carbocycles. The van der Waals surface area contributed by atoms with Gasteiger partial charge in [-0.25, -0.2) is 0 Å². The second kappa shape index (κ2) is 6.96. The minimum absolute atomic E-state index is 0.857. The van der Waals surface area contributed by atoms with Gasteiger partial charge in [-0.3, -0.25) is 0 Å². The SMILES string of the molecule is CCCC1CCC(CNC)C(C2CC2c2ccccc2)C1. The van der Waals surface area contributed by atoms with Gasteiger partial charge in [0.1, 0.15) is 0 Å². The molecule has 0 amide bonds. The summed E-state index contributed by atoms with van der Waals surface area (Å²) in [6.45, 7) is 3.57. The van der Waals surface area contributed by atoms with Crippen LogP contribution in [0.2, 0.25) is 0 Å². The van der Waals surface area contributed by atoms with E-state index in [-0.39, 0.29) is 0 Å². The lowest BCUT2D eigenvalue weighted by Crippen LogP contribution is -2.33. The second-order valence-corrected chi connectivity index (χ2v) is 7.37. The van der Waals surface area contributed by atoms with Crippen molar-refractivity contribution in [3.8, 4) is 0 Å². The summed E-state index contributed by atoms with van der Waals surface area (Å²) in [4.78, 5) is 0. The van der Waals surface area contributed by atoms with Crippen molar-refractivity contribution >= 4 is 0 Å². The third kappa shape index (κ3) is 3.51. The van der Waals surface area contributed by atoms with Gasteiger partial charge in [-0.15, -0.1) is 0 Å². The van der Waals surface area contributed by atoms with Gasteiger partial charge in [-0.05, 0) is 68.0 Å². The quantitative estimate of drug-likeness (QED) is 0.788. The monoisotopic (exact) mass is 285 g/mol. The van der Waals surface area contributed by atoms with Gasteiger partial charge < -0.3 is 5.32 Å². The van der Waals surface area contributed by atoms with Crippen LogP contribution >= 0.6 is 0 Å². The summed E-state index contributed by atoms with van der Waals surface area (Å²) in [7, 11) is 2.12. The molecule has 0 heterocycles. The highest BCUT2D eigenvalue weighted by Crippen LogP contribution is 2.57. The molecule has 0 spiro atoms. The van der Waals surface area contributed by atoms with E-state index in [0.29, 0.717) is 0 Å². The molecule has 116 valence electrons. The van der Waals surface area contributed by atoms with Crippen molar-refractivity contribution in [3.63, 3.8) is 0 Å². The van der Waals surface area contributed by atoms with E-state index in [4.69, 9.17) is 0 Å². The summed E-state index contributed by atoms with van der Waals surface area (Å²) >= 11 is 0. The van der Waals surface area contributed by atoms with Crippen LogP contribution in [0.4, 0.5) is 0 Å². The molecule has 1 aromatic rings. The summed E-state index contributed by atoms with van der Waals surface area (Å²) in [6, 6.07) is 11.2. The van der Waals surface area contributed by atoms with E-state index >= 15 is 0 Å². The molecule has 2 fully saturated rings. The summed E-state index contributed by atoms with van der Waals surface area (Å²) in [6.07, 6.45) is 8.67. The number of hydrogen-bond acceptors (Lipinski definition) is 1. The number of benzene rings is 1. The molecule has 0 bridgehead atoms. The maximum atomic E-state index is 3.45. The van der Waals surface area contributed by atoms with Gasteiger partial charge in [0.2, 0.25) is 0 Å². The molecule has 2 aliphatic rings. The number of hydrogen-bond donors (Lipinski definition) is 1. The Morgan fingerprint density at radius 1 is 1.05 bits per heavy atom. The van der Waals surface area contributed by atoms with Crippen LogP contribution < -0.4 is 5.32 Å². The van der Waals surface area contributed by atoms with E-state index in [1.165, 1.54) is 45.1 Å². The average molecular weight is 285 g/mol. The normalized spacial score (nSPS) is 35.6. The fourth-order valence-electron chi connectivity index (χ4n) is 4.84. The van der Waals surface area contributed by atoms with Crippen molar-refractivity contribution in [2.24, 2.45) is 23.7 Å². The zero-order valence-electron chi connectivity index (χ0n) is 13.7. The molecule has 0 saturated heterocycles. The van der Waals surface area contributed by atoms with Gasteiger partial charge in [0.05, 0.1) is 0 Å². The van der Waals surface area contributed by atoms with E-state index in [1.807, 2.05) is 0 Å². The molecule has 21 heavy (non-hydrogen) atoms. The fourth-order valence-corrected chi connectivity index (χ4v) is 4.84. The Bertz CT molecular complexity index is 427. The lowest BCUT2D eigenvalue weighted by Gasteiger charge is -2.37. The highest BCUT2D eigenvalue weighted by atomic mass is 14.8. The van der Waals surface area contributed by atoms with Crippen LogP contribution in [0, 0.1) is 23.7 Å². The summed E-state index contributed by atoms with van der Waals surface area (Å²) in [5.74, 6) is 4.71. The first-order valence-electron chi connectivity index (χ1n) is 9.03. The largest absolute Gasteiger partial charge is 0.319 e. The first-order valence-corrected chi connectivity index (χ1v) is 9.03. The van der Waals surface area contributed by atoms with Crippen molar-refractivity contribution in [2.75, 3.05) is 13.6 Å². The van der Waals surface area contributed by atoms with Crippen molar-refractivity contribution in [3.05, 3.63) is 35.9 Å². The predicted octanol–water partition coefficient (Wildman–Crippen LogP) is 4.84. The lowest BCUT2D eigenvalue weighted by atomic mass is 9.70. The summed E-state index contributed by atoms with van der Waals surface area (Å²) in [5, 5.41) is 3.45. The molecule has 1 N–H and O–H groups in total. The van der Waals surface area contributed by atoms with Gasteiger partial charge in [0.25, 0.3) is 0 Å². The zero-order valence-corrected chi connectivity index (χ0v) is 13.7. The van der Waals surface area contributed by atoms with Crippen molar-refractivity contribution in [1.82, 2.24) is 5.32 Å². The fraction of sp³-hybridized carbons (Fsp3) is 0.700. The highest BCUT2D eigenvalue weighted by molar-refractivity contribution is 5.26. The molecule has 1 heteroatoms. The Morgan fingerprint density at radius 2 is 1.86 bits per heavy atom. The Labute approximate surface area is 130 Å².